The molecule has 1 aliphatic rings. The highest BCUT2D eigenvalue weighted by molar-refractivity contribution is 7.99. The number of fused-ring (bicyclic) bond motifs is 1. The second-order valence-electron chi connectivity index (χ2n) is 7.46. The molecule has 0 spiro atoms. The maximum Gasteiger partial charge on any atom is 0.239 e. The average molecular weight is 416 g/mol. The lowest BCUT2D eigenvalue weighted by Crippen LogP contribution is -2.42. The molecule has 1 aromatic heterocycles. The summed E-state index contributed by atoms with van der Waals surface area (Å²) in [6.07, 6.45) is 0.669. The van der Waals surface area contributed by atoms with Crippen molar-refractivity contribution >= 4 is 28.7 Å². The zero-order valence-electron chi connectivity index (χ0n) is 16.2. The van der Waals surface area contributed by atoms with E-state index in [0.717, 1.165) is 22.3 Å². The molecule has 0 radical (unpaired) electrons. The summed E-state index contributed by atoms with van der Waals surface area (Å²) in [7, 11) is 3.47. The van der Waals surface area contributed by atoms with Gasteiger partial charge in [0, 0.05) is 32.4 Å². The number of hydrogen-bond acceptors (Lipinski definition) is 4. The molecule has 152 valence electrons. The number of para-hydroxylation sites is 2. The summed E-state index contributed by atoms with van der Waals surface area (Å²) in [4.78, 5) is 24.3. The lowest BCUT2D eigenvalue weighted by atomic mass is 10.1. The number of benzene rings is 2. The van der Waals surface area contributed by atoms with Crippen molar-refractivity contribution in [2.24, 2.45) is 0 Å². The van der Waals surface area contributed by atoms with Crippen LogP contribution in [0.2, 0.25) is 0 Å². The van der Waals surface area contributed by atoms with Crippen molar-refractivity contribution in [1.29, 1.82) is 0 Å². The van der Waals surface area contributed by atoms with Crippen molar-refractivity contribution in [3.8, 4) is 0 Å². The summed E-state index contributed by atoms with van der Waals surface area (Å²) in [5, 5.41) is 0.983. The molecule has 1 aliphatic heterocycles. The summed E-state index contributed by atoms with van der Waals surface area (Å²) in [6, 6.07) is 11.4. The van der Waals surface area contributed by atoms with Crippen LogP contribution in [-0.4, -0.2) is 57.6 Å². The maximum atomic E-state index is 13.6. The third-order valence-electron chi connectivity index (χ3n) is 5.11. The molecule has 1 fully saturated rings. The van der Waals surface area contributed by atoms with Crippen molar-refractivity contribution in [2.45, 2.75) is 29.4 Å². The molecule has 29 heavy (non-hydrogen) atoms. The van der Waals surface area contributed by atoms with E-state index in [-0.39, 0.29) is 17.2 Å². The zero-order valence-corrected chi connectivity index (χ0v) is 17.0. The first-order valence-electron chi connectivity index (χ1n) is 9.41. The first-order chi connectivity index (χ1) is 13.9. The van der Waals surface area contributed by atoms with Gasteiger partial charge in [0.15, 0.2) is 16.8 Å². The van der Waals surface area contributed by atoms with Crippen LogP contribution in [0.15, 0.2) is 47.6 Å². The van der Waals surface area contributed by atoms with Crippen LogP contribution in [0.1, 0.15) is 12.0 Å². The minimum atomic E-state index is -0.870. The Morgan fingerprint density at radius 1 is 1.24 bits per heavy atom. The third kappa shape index (κ3) is 4.28. The largest absolute Gasteiger partial charge is 0.347 e. The van der Waals surface area contributed by atoms with Gasteiger partial charge in [-0.05, 0) is 36.2 Å². The number of likely N-dealkylation sites (tertiary alicyclic amines) is 1. The summed E-state index contributed by atoms with van der Waals surface area (Å²) in [5.41, 5.74) is 2.54. The third-order valence-corrected chi connectivity index (χ3v) is 6.20. The number of carbonyl (C=O) groups is 1. The highest BCUT2D eigenvalue weighted by Gasteiger charge is 2.38. The van der Waals surface area contributed by atoms with Crippen LogP contribution < -0.4 is 0 Å². The highest BCUT2D eigenvalue weighted by Crippen LogP contribution is 2.34. The molecule has 4 rings (SSSR count). The van der Waals surface area contributed by atoms with E-state index in [1.165, 1.54) is 6.07 Å². The standard InChI is InChI=1S/C21H22F2N4OS/c1-26(2)20(28)19-10-14(29-21-24-17-5-3-4-6-18(17)25-21)12-27(19)11-13-7-8-15(22)16(23)9-13/h3-9,14,19H,10-12H2,1-2H3,(H,24,25)/t14-,19+/m1/s1. The monoisotopic (exact) mass is 416 g/mol. The lowest BCUT2D eigenvalue weighted by molar-refractivity contribution is -0.133. The molecule has 0 bridgehead atoms. The Balaban J connectivity index is 1.52. The van der Waals surface area contributed by atoms with Gasteiger partial charge >= 0.3 is 0 Å². The van der Waals surface area contributed by atoms with Crippen LogP contribution in [0.4, 0.5) is 8.78 Å². The molecule has 3 aromatic rings. The van der Waals surface area contributed by atoms with Crippen molar-refractivity contribution in [3.63, 3.8) is 0 Å². The van der Waals surface area contributed by atoms with Gasteiger partial charge in [-0.1, -0.05) is 30.0 Å². The number of likely N-dealkylation sites (N-methyl/N-ethyl adjacent to an activating group) is 1. The first kappa shape index (κ1) is 19.8. The number of aromatic nitrogens is 2. The Labute approximate surface area is 172 Å². The molecule has 0 saturated carbocycles. The van der Waals surface area contributed by atoms with Gasteiger partial charge in [-0.2, -0.15) is 0 Å². The quantitative estimate of drug-likeness (QED) is 0.690. The van der Waals surface area contributed by atoms with Crippen LogP contribution in [0, 0.1) is 11.6 Å². The molecule has 2 heterocycles. The Morgan fingerprint density at radius 3 is 2.76 bits per heavy atom. The molecule has 2 aromatic carbocycles. The molecule has 8 heteroatoms. The SMILES string of the molecule is CN(C)C(=O)[C@@H]1C[C@@H](Sc2nc3ccccc3[nH]2)CN1Cc1ccc(F)c(F)c1. The number of halogens is 2. The van der Waals surface area contributed by atoms with Crippen molar-refractivity contribution in [2.75, 3.05) is 20.6 Å². The minimum Gasteiger partial charge on any atom is -0.347 e. The number of carbonyl (C=O) groups excluding carboxylic acids is 1. The van der Waals surface area contributed by atoms with E-state index in [1.807, 2.05) is 29.2 Å². The molecule has 2 atom stereocenters. The number of thioether (sulfide) groups is 1. The number of aromatic amines is 1. The molecule has 1 saturated heterocycles. The number of amides is 1. The fraction of sp³-hybridized carbons (Fsp3) is 0.333. The van der Waals surface area contributed by atoms with Crippen molar-refractivity contribution < 1.29 is 13.6 Å². The van der Waals surface area contributed by atoms with Crippen molar-refractivity contribution in [1.82, 2.24) is 19.8 Å². The van der Waals surface area contributed by atoms with E-state index in [4.69, 9.17) is 0 Å². The number of imidazole rings is 1. The Bertz CT molecular complexity index is 1010. The van der Waals surface area contributed by atoms with Crippen LogP contribution in [-0.2, 0) is 11.3 Å². The van der Waals surface area contributed by atoms with E-state index in [2.05, 4.69) is 9.97 Å². The Morgan fingerprint density at radius 2 is 2.03 bits per heavy atom. The van der Waals surface area contributed by atoms with Crippen LogP contribution in [0.3, 0.4) is 0 Å². The summed E-state index contributed by atoms with van der Waals surface area (Å²) >= 11 is 1.62. The molecule has 0 aliphatic carbocycles. The van der Waals surface area contributed by atoms with Gasteiger partial charge in [0.2, 0.25) is 5.91 Å². The van der Waals surface area contributed by atoms with Gasteiger partial charge in [0.25, 0.3) is 0 Å². The van der Waals surface area contributed by atoms with E-state index < -0.39 is 11.6 Å². The van der Waals surface area contributed by atoms with Gasteiger partial charge in [-0.15, -0.1) is 0 Å². The van der Waals surface area contributed by atoms with E-state index in [1.54, 1.807) is 36.8 Å². The van der Waals surface area contributed by atoms with Crippen molar-refractivity contribution in [3.05, 3.63) is 59.7 Å². The molecule has 1 N–H and O–H groups in total. The molecular formula is C21H22F2N4OS. The minimum absolute atomic E-state index is 0.0142. The van der Waals surface area contributed by atoms with Crippen LogP contribution >= 0.6 is 11.8 Å². The number of nitrogens with one attached hydrogen (secondary N) is 1. The normalized spacial score (nSPS) is 19.7. The fourth-order valence-electron chi connectivity index (χ4n) is 3.69. The Kier molecular flexibility index (Phi) is 5.56. The maximum absolute atomic E-state index is 13.6. The predicted octanol–water partition coefficient (Wildman–Crippen LogP) is 3.66. The first-order valence-corrected chi connectivity index (χ1v) is 10.3. The van der Waals surface area contributed by atoms with Gasteiger partial charge in [0.05, 0.1) is 17.1 Å². The number of nitrogens with zero attached hydrogens (tertiary/aromatic N) is 3. The van der Waals surface area contributed by atoms with E-state index >= 15 is 0 Å². The smallest absolute Gasteiger partial charge is 0.239 e. The van der Waals surface area contributed by atoms with Gasteiger partial charge in [-0.3, -0.25) is 9.69 Å². The van der Waals surface area contributed by atoms with Gasteiger partial charge in [-0.25, -0.2) is 13.8 Å². The van der Waals surface area contributed by atoms with Crippen LogP contribution in [0.25, 0.3) is 11.0 Å². The summed E-state index contributed by atoms with van der Waals surface area (Å²) in [5.74, 6) is -1.72. The second kappa shape index (κ2) is 8.12. The predicted molar refractivity (Wildman–Crippen MR) is 110 cm³/mol. The van der Waals surface area contributed by atoms with Gasteiger partial charge in [0.1, 0.15) is 0 Å². The summed E-state index contributed by atoms with van der Waals surface area (Å²) < 4.78 is 26.9. The topological polar surface area (TPSA) is 52.2 Å². The number of hydrogen-bond donors (Lipinski definition) is 1. The summed E-state index contributed by atoms with van der Waals surface area (Å²) in [6.45, 7) is 1.05. The number of H-pyrrole nitrogens is 1. The highest BCUT2D eigenvalue weighted by atomic mass is 32.2. The van der Waals surface area contributed by atoms with Crippen LogP contribution in [0.5, 0.6) is 0 Å². The second-order valence-corrected chi connectivity index (χ2v) is 8.75. The van der Waals surface area contributed by atoms with Gasteiger partial charge < -0.3 is 9.88 Å². The van der Waals surface area contributed by atoms with E-state index in [9.17, 15) is 13.6 Å². The fourth-order valence-corrected chi connectivity index (χ4v) is 4.87. The molecule has 1 amide bonds. The molecule has 0 unspecified atom stereocenters. The Hall–Kier alpha value is -2.45. The number of rotatable bonds is 5. The average Bonchev–Trinajstić information content (AvgIpc) is 3.27. The molecule has 5 nitrogen and oxygen atoms in total. The zero-order chi connectivity index (χ0) is 20.5. The molecular weight excluding hydrogens is 394 g/mol. The lowest BCUT2D eigenvalue weighted by Gasteiger charge is -2.26. The van der Waals surface area contributed by atoms with E-state index in [0.29, 0.717) is 25.1 Å².